The van der Waals surface area contributed by atoms with Crippen LogP contribution in [0.3, 0.4) is 0 Å². The molecule has 0 aromatic heterocycles. The van der Waals surface area contributed by atoms with Gasteiger partial charge in [-0.15, -0.1) is 0 Å². The van der Waals surface area contributed by atoms with Crippen molar-refractivity contribution in [3.05, 3.63) is 0 Å². The Morgan fingerprint density at radius 1 is 1.50 bits per heavy atom. The maximum Gasteiger partial charge on any atom is 0.221 e. The Hall–Kier alpha value is -1.12. The van der Waals surface area contributed by atoms with Crippen molar-refractivity contribution in [1.82, 2.24) is 10.2 Å². The number of rotatable bonds is 4. The van der Waals surface area contributed by atoms with Crippen LogP contribution in [0.2, 0.25) is 0 Å². The molecule has 5 heteroatoms. The molecule has 2 aliphatic heterocycles. The number of hydrogen-bond acceptors (Lipinski definition) is 4. The number of nitriles is 1. The van der Waals surface area contributed by atoms with Crippen molar-refractivity contribution in [2.45, 2.75) is 45.1 Å². The molecule has 0 bridgehead atoms. The first-order chi connectivity index (χ1) is 9.65. The predicted octanol–water partition coefficient (Wildman–Crippen LogP) is 1.30. The van der Waals surface area contributed by atoms with Gasteiger partial charge >= 0.3 is 0 Å². The van der Waals surface area contributed by atoms with Gasteiger partial charge in [-0.3, -0.25) is 9.69 Å². The van der Waals surface area contributed by atoms with E-state index in [0.717, 1.165) is 45.3 Å². The molecule has 0 aromatic rings. The third-order valence-corrected chi connectivity index (χ3v) is 4.61. The molecule has 0 aliphatic carbocycles. The van der Waals surface area contributed by atoms with Crippen molar-refractivity contribution in [1.29, 1.82) is 5.26 Å². The zero-order valence-corrected chi connectivity index (χ0v) is 12.4. The molecular formula is C15H25N3O2. The molecule has 5 nitrogen and oxygen atoms in total. The average molecular weight is 279 g/mol. The molecule has 2 saturated heterocycles. The first kappa shape index (κ1) is 15.3. The summed E-state index contributed by atoms with van der Waals surface area (Å²) in [4.78, 5) is 13.8. The van der Waals surface area contributed by atoms with E-state index in [2.05, 4.69) is 23.2 Å². The lowest BCUT2D eigenvalue weighted by Gasteiger charge is -2.32. The fraction of sp³-hybridized carbons (Fsp3) is 0.867. The van der Waals surface area contributed by atoms with Gasteiger partial charge in [0, 0.05) is 38.8 Å². The zero-order valence-electron chi connectivity index (χ0n) is 12.4. The van der Waals surface area contributed by atoms with Crippen LogP contribution in [-0.4, -0.2) is 49.7 Å². The summed E-state index contributed by atoms with van der Waals surface area (Å²) in [7, 11) is 0. The summed E-state index contributed by atoms with van der Waals surface area (Å²) < 4.78 is 5.36. The molecule has 20 heavy (non-hydrogen) atoms. The summed E-state index contributed by atoms with van der Waals surface area (Å²) in [5.74, 6) is 0.151. The molecule has 2 rings (SSSR count). The minimum absolute atomic E-state index is 0.151. The third kappa shape index (κ3) is 3.94. The topological polar surface area (TPSA) is 65.4 Å². The molecule has 1 amide bonds. The van der Waals surface area contributed by atoms with Crippen LogP contribution >= 0.6 is 0 Å². The number of carbonyl (C=O) groups excluding carboxylic acids is 1. The molecule has 2 aliphatic rings. The van der Waals surface area contributed by atoms with E-state index in [0.29, 0.717) is 25.7 Å². The van der Waals surface area contributed by atoms with E-state index in [1.807, 2.05) is 0 Å². The summed E-state index contributed by atoms with van der Waals surface area (Å²) in [6, 6.07) is 2.82. The largest absolute Gasteiger partial charge is 0.381 e. The average Bonchev–Trinajstić information content (AvgIpc) is 2.61. The first-order valence-corrected chi connectivity index (χ1v) is 7.65. The van der Waals surface area contributed by atoms with E-state index in [1.54, 1.807) is 0 Å². The Balaban J connectivity index is 1.79. The monoisotopic (exact) mass is 279 g/mol. The maximum absolute atomic E-state index is 11.5. The van der Waals surface area contributed by atoms with Crippen LogP contribution in [0.4, 0.5) is 0 Å². The Kier molecular flexibility index (Phi) is 5.38. The van der Waals surface area contributed by atoms with Crippen molar-refractivity contribution < 1.29 is 9.53 Å². The Bertz CT molecular complexity index is 372. The van der Waals surface area contributed by atoms with E-state index >= 15 is 0 Å². The number of nitrogens with one attached hydrogen (secondary N) is 1. The van der Waals surface area contributed by atoms with Crippen molar-refractivity contribution >= 4 is 5.91 Å². The number of amides is 1. The summed E-state index contributed by atoms with van der Waals surface area (Å²) in [5.41, 5.74) is -0.179. The molecule has 0 saturated carbocycles. The zero-order chi connectivity index (χ0) is 14.4. The van der Waals surface area contributed by atoms with Gasteiger partial charge in [0.25, 0.3) is 0 Å². The van der Waals surface area contributed by atoms with Crippen LogP contribution < -0.4 is 5.32 Å². The first-order valence-electron chi connectivity index (χ1n) is 7.65. The lowest BCUT2D eigenvalue weighted by atomic mass is 9.78. The summed E-state index contributed by atoms with van der Waals surface area (Å²) in [6.07, 6.45) is 4.26. The standard InChI is InChI=1S/C15H25N3O2/c1-13-11-14(19)17-6-8-18(13)7-2-3-15(12-16)4-9-20-10-5-15/h13H,2-11H2,1H3,(H,17,19). The summed E-state index contributed by atoms with van der Waals surface area (Å²) >= 11 is 0. The Labute approximate surface area is 121 Å². The molecule has 2 fully saturated rings. The van der Waals surface area contributed by atoms with Crippen molar-refractivity contribution in [3.8, 4) is 6.07 Å². The molecule has 0 aromatic carbocycles. The lowest BCUT2D eigenvalue weighted by molar-refractivity contribution is -0.121. The van der Waals surface area contributed by atoms with E-state index in [1.165, 1.54) is 0 Å². The van der Waals surface area contributed by atoms with Crippen LogP contribution in [0.25, 0.3) is 0 Å². The molecule has 0 spiro atoms. The van der Waals surface area contributed by atoms with Crippen molar-refractivity contribution in [2.24, 2.45) is 5.41 Å². The highest BCUT2D eigenvalue weighted by Gasteiger charge is 2.32. The van der Waals surface area contributed by atoms with Crippen LogP contribution in [0, 0.1) is 16.7 Å². The van der Waals surface area contributed by atoms with E-state index in [-0.39, 0.29) is 11.3 Å². The van der Waals surface area contributed by atoms with Crippen LogP contribution in [0.5, 0.6) is 0 Å². The molecule has 0 radical (unpaired) electrons. The Morgan fingerprint density at radius 2 is 2.25 bits per heavy atom. The van der Waals surface area contributed by atoms with Gasteiger partial charge in [0.15, 0.2) is 0 Å². The molecule has 1 N–H and O–H groups in total. The van der Waals surface area contributed by atoms with Crippen LogP contribution in [0.1, 0.15) is 39.0 Å². The lowest BCUT2D eigenvalue weighted by Crippen LogP contribution is -2.36. The summed E-state index contributed by atoms with van der Waals surface area (Å²) in [5, 5.41) is 12.4. The second kappa shape index (κ2) is 7.05. The van der Waals surface area contributed by atoms with Gasteiger partial charge in [0.05, 0.1) is 11.5 Å². The van der Waals surface area contributed by atoms with Gasteiger partial charge < -0.3 is 10.1 Å². The number of hydrogen-bond donors (Lipinski definition) is 1. The van der Waals surface area contributed by atoms with Crippen molar-refractivity contribution in [2.75, 3.05) is 32.8 Å². The van der Waals surface area contributed by atoms with Gasteiger partial charge in [-0.1, -0.05) is 0 Å². The van der Waals surface area contributed by atoms with Gasteiger partial charge in [0.1, 0.15) is 0 Å². The minimum Gasteiger partial charge on any atom is -0.381 e. The maximum atomic E-state index is 11.5. The highest BCUT2D eigenvalue weighted by molar-refractivity contribution is 5.76. The van der Waals surface area contributed by atoms with Crippen molar-refractivity contribution in [3.63, 3.8) is 0 Å². The normalized spacial score (nSPS) is 27.4. The van der Waals surface area contributed by atoms with Gasteiger partial charge in [-0.25, -0.2) is 0 Å². The second-order valence-corrected chi connectivity index (χ2v) is 6.05. The molecule has 1 unspecified atom stereocenters. The molecule has 112 valence electrons. The molecule has 1 atom stereocenters. The molecule has 2 heterocycles. The predicted molar refractivity (Wildman–Crippen MR) is 76.0 cm³/mol. The fourth-order valence-electron chi connectivity index (χ4n) is 3.16. The number of nitrogens with zero attached hydrogens (tertiary/aromatic N) is 2. The number of ether oxygens (including phenoxy) is 1. The second-order valence-electron chi connectivity index (χ2n) is 6.05. The van der Waals surface area contributed by atoms with Gasteiger partial charge in [-0.05, 0) is 39.2 Å². The summed E-state index contributed by atoms with van der Waals surface area (Å²) in [6.45, 7) is 6.16. The van der Waals surface area contributed by atoms with Gasteiger partial charge in [0.2, 0.25) is 5.91 Å². The van der Waals surface area contributed by atoms with Crippen LogP contribution in [0.15, 0.2) is 0 Å². The Morgan fingerprint density at radius 3 is 2.95 bits per heavy atom. The number of carbonyl (C=O) groups is 1. The fourth-order valence-corrected chi connectivity index (χ4v) is 3.16. The van der Waals surface area contributed by atoms with E-state index in [4.69, 9.17) is 4.74 Å². The SMILES string of the molecule is CC1CC(=O)NCCN1CCCC1(C#N)CCOCC1. The minimum atomic E-state index is -0.179. The smallest absolute Gasteiger partial charge is 0.221 e. The highest BCUT2D eigenvalue weighted by atomic mass is 16.5. The van der Waals surface area contributed by atoms with Gasteiger partial charge in [-0.2, -0.15) is 5.26 Å². The quantitative estimate of drug-likeness (QED) is 0.842. The van der Waals surface area contributed by atoms with Crippen LogP contribution in [-0.2, 0) is 9.53 Å². The third-order valence-electron chi connectivity index (χ3n) is 4.61. The highest BCUT2D eigenvalue weighted by Crippen LogP contribution is 2.34. The molecular weight excluding hydrogens is 254 g/mol. The van der Waals surface area contributed by atoms with E-state index < -0.39 is 0 Å². The van der Waals surface area contributed by atoms with E-state index in [9.17, 15) is 10.1 Å².